The Bertz CT molecular complexity index is 449. The molecular weight excluding hydrogens is 256 g/mol. The minimum absolute atomic E-state index is 0.185. The molecule has 1 aromatic rings. The Morgan fingerprint density at radius 1 is 1.19 bits per heavy atom. The van der Waals surface area contributed by atoms with Crippen LogP contribution in [0.15, 0.2) is 24.3 Å². The number of fused-ring (bicyclic) bond motifs is 1. The maximum Gasteiger partial charge on any atom is 0.0575 e. The highest BCUT2D eigenvalue weighted by Gasteiger charge is 2.46. The monoisotopic (exact) mass is 288 g/mol. The van der Waals surface area contributed by atoms with Crippen LogP contribution in [0.5, 0.6) is 0 Å². The Hall–Kier alpha value is -0.860. The second-order valence-electron chi connectivity index (χ2n) is 7.05. The van der Waals surface area contributed by atoms with Crippen LogP contribution in [0.25, 0.3) is 0 Å². The molecule has 0 aliphatic heterocycles. The first-order valence-electron chi connectivity index (χ1n) is 8.64. The number of benzene rings is 1. The highest BCUT2D eigenvalue weighted by Crippen LogP contribution is 2.42. The molecule has 2 rings (SSSR count). The molecule has 0 radical (unpaired) electrons. The Balaban J connectivity index is 2.36. The topological polar surface area (TPSA) is 29.3 Å². The SMILES string of the molecule is CCCN(CCC)C1Cc2ccccc2C1(N)CC(C)C. The molecule has 2 nitrogen and oxygen atoms in total. The fraction of sp³-hybridized carbons (Fsp3) is 0.684. The summed E-state index contributed by atoms with van der Waals surface area (Å²) in [5.74, 6) is 0.619. The van der Waals surface area contributed by atoms with E-state index in [1.165, 1.54) is 24.0 Å². The predicted octanol–water partition coefficient (Wildman–Crippen LogP) is 3.93. The van der Waals surface area contributed by atoms with Gasteiger partial charge in [0, 0.05) is 6.04 Å². The quantitative estimate of drug-likeness (QED) is 0.823. The molecule has 0 aromatic heterocycles. The summed E-state index contributed by atoms with van der Waals surface area (Å²) in [5, 5.41) is 0. The number of nitrogens with zero attached hydrogens (tertiary/aromatic N) is 1. The number of nitrogens with two attached hydrogens (primary N) is 1. The Labute approximate surface area is 130 Å². The molecule has 0 amide bonds. The zero-order valence-electron chi connectivity index (χ0n) is 14.2. The Morgan fingerprint density at radius 3 is 2.38 bits per heavy atom. The summed E-state index contributed by atoms with van der Waals surface area (Å²) >= 11 is 0. The number of hydrogen-bond donors (Lipinski definition) is 1. The van der Waals surface area contributed by atoms with Crippen LogP contribution in [0.2, 0.25) is 0 Å². The molecule has 1 aromatic carbocycles. The first-order chi connectivity index (χ1) is 10.0. The van der Waals surface area contributed by atoms with Gasteiger partial charge in [-0.1, -0.05) is 52.0 Å². The Kier molecular flexibility index (Phi) is 5.45. The molecule has 0 spiro atoms. The van der Waals surface area contributed by atoms with Crippen LogP contribution < -0.4 is 5.73 Å². The van der Waals surface area contributed by atoms with Gasteiger partial charge < -0.3 is 5.73 Å². The van der Waals surface area contributed by atoms with Gasteiger partial charge in [-0.05, 0) is 55.8 Å². The third-order valence-corrected chi connectivity index (χ3v) is 4.74. The lowest BCUT2D eigenvalue weighted by atomic mass is 9.81. The van der Waals surface area contributed by atoms with Crippen molar-refractivity contribution in [2.75, 3.05) is 13.1 Å². The van der Waals surface area contributed by atoms with E-state index in [2.05, 4.69) is 56.9 Å². The van der Waals surface area contributed by atoms with Gasteiger partial charge in [-0.2, -0.15) is 0 Å². The van der Waals surface area contributed by atoms with Crippen molar-refractivity contribution in [2.45, 2.75) is 65.0 Å². The van der Waals surface area contributed by atoms with E-state index in [9.17, 15) is 0 Å². The minimum Gasteiger partial charge on any atom is -0.320 e. The van der Waals surface area contributed by atoms with E-state index in [0.717, 1.165) is 25.9 Å². The van der Waals surface area contributed by atoms with Gasteiger partial charge >= 0.3 is 0 Å². The smallest absolute Gasteiger partial charge is 0.0575 e. The van der Waals surface area contributed by atoms with Gasteiger partial charge in [0.2, 0.25) is 0 Å². The molecule has 21 heavy (non-hydrogen) atoms. The summed E-state index contributed by atoms with van der Waals surface area (Å²) in [4.78, 5) is 2.64. The third-order valence-electron chi connectivity index (χ3n) is 4.74. The molecule has 118 valence electrons. The number of hydrogen-bond acceptors (Lipinski definition) is 2. The standard InChI is InChI=1S/C19H32N2/c1-5-11-21(12-6-2)18-13-16-9-7-8-10-17(16)19(18,20)14-15(3)4/h7-10,15,18H,5-6,11-14,20H2,1-4H3. The van der Waals surface area contributed by atoms with E-state index in [-0.39, 0.29) is 5.54 Å². The largest absolute Gasteiger partial charge is 0.320 e. The van der Waals surface area contributed by atoms with Crippen molar-refractivity contribution in [3.8, 4) is 0 Å². The maximum absolute atomic E-state index is 7.04. The van der Waals surface area contributed by atoms with Gasteiger partial charge in [0.15, 0.2) is 0 Å². The van der Waals surface area contributed by atoms with Gasteiger partial charge in [0.1, 0.15) is 0 Å². The molecule has 0 fully saturated rings. The van der Waals surface area contributed by atoms with E-state index >= 15 is 0 Å². The van der Waals surface area contributed by atoms with Crippen molar-refractivity contribution in [2.24, 2.45) is 11.7 Å². The summed E-state index contributed by atoms with van der Waals surface area (Å²) in [6, 6.07) is 9.28. The fourth-order valence-corrected chi connectivity index (χ4v) is 4.10. The zero-order chi connectivity index (χ0) is 15.5. The fourth-order valence-electron chi connectivity index (χ4n) is 4.10. The van der Waals surface area contributed by atoms with Crippen LogP contribution in [-0.4, -0.2) is 24.0 Å². The average Bonchev–Trinajstić information content (AvgIpc) is 2.71. The first kappa shape index (κ1) is 16.5. The van der Waals surface area contributed by atoms with Crippen LogP contribution in [0.1, 0.15) is 58.1 Å². The second-order valence-corrected chi connectivity index (χ2v) is 7.05. The van der Waals surface area contributed by atoms with Crippen molar-refractivity contribution >= 4 is 0 Å². The van der Waals surface area contributed by atoms with Crippen LogP contribution in [-0.2, 0) is 12.0 Å². The molecule has 2 heteroatoms. The van der Waals surface area contributed by atoms with Crippen LogP contribution >= 0.6 is 0 Å². The zero-order valence-corrected chi connectivity index (χ0v) is 14.2. The average molecular weight is 288 g/mol. The van der Waals surface area contributed by atoms with Crippen LogP contribution in [0.4, 0.5) is 0 Å². The molecule has 1 aliphatic carbocycles. The van der Waals surface area contributed by atoms with Crippen LogP contribution in [0, 0.1) is 5.92 Å². The summed E-state index contributed by atoms with van der Waals surface area (Å²) < 4.78 is 0. The van der Waals surface area contributed by atoms with E-state index in [1.807, 2.05) is 0 Å². The van der Waals surface area contributed by atoms with Crippen molar-refractivity contribution in [3.63, 3.8) is 0 Å². The van der Waals surface area contributed by atoms with Crippen molar-refractivity contribution < 1.29 is 0 Å². The molecule has 2 unspecified atom stereocenters. The summed E-state index contributed by atoms with van der Waals surface area (Å²) in [7, 11) is 0. The molecule has 0 saturated heterocycles. The molecule has 0 heterocycles. The first-order valence-corrected chi connectivity index (χ1v) is 8.64. The van der Waals surface area contributed by atoms with Gasteiger partial charge in [0.05, 0.1) is 5.54 Å². The molecule has 0 saturated carbocycles. The van der Waals surface area contributed by atoms with E-state index < -0.39 is 0 Å². The van der Waals surface area contributed by atoms with Crippen molar-refractivity contribution in [3.05, 3.63) is 35.4 Å². The van der Waals surface area contributed by atoms with E-state index in [1.54, 1.807) is 0 Å². The van der Waals surface area contributed by atoms with E-state index in [4.69, 9.17) is 5.73 Å². The third kappa shape index (κ3) is 3.32. The lowest BCUT2D eigenvalue weighted by molar-refractivity contribution is 0.115. The highest BCUT2D eigenvalue weighted by atomic mass is 15.2. The highest BCUT2D eigenvalue weighted by molar-refractivity contribution is 5.41. The molecule has 2 atom stereocenters. The lowest BCUT2D eigenvalue weighted by Crippen LogP contribution is -2.55. The normalized spacial score (nSPS) is 24.8. The molecule has 1 aliphatic rings. The van der Waals surface area contributed by atoms with Crippen molar-refractivity contribution in [1.29, 1.82) is 0 Å². The van der Waals surface area contributed by atoms with Gasteiger partial charge in [-0.15, -0.1) is 0 Å². The summed E-state index contributed by atoms with van der Waals surface area (Å²) in [6.45, 7) is 11.4. The molecule has 2 N–H and O–H groups in total. The second kappa shape index (κ2) is 6.93. The van der Waals surface area contributed by atoms with E-state index in [0.29, 0.717) is 12.0 Å². The van der Waals surface area contributed by atoms with Gasteiger partial charge in [-0.3, -0.25) is 4.90 Å². The molecule has 0 bridgehead atoms. The minimum atomic E-state index is -0.185. The van der Waals surface area contributed by atoms with Crippen molar-refractivity contribution in [1.82, 2.24) is 4.90 Å². The van der Waals surface area contributed by atoms with Crippen LogP contribution in [0.3, 0.4) is 0 Å². The van der Waals surface area contributed by atoms with Gasteiger partial charge in [-0.25, -0.2) is 0 Å². The summed E-state index contributed by atoms with van der Waals surface area (Å²) in [6.07, 6.45) is 4.58. The summed E-state index contributed by atoms with van der Waals surface area (Å²) in [5.41, 5.74) is 9.70. The number of rotatable bonds is 7. The van der Waals surface area contributed by atoms with Gasteiger partial charge in [0.25, 0.3) is 0 Å². The predicted molar refractivity (Wildman–Crippen MR) is 91.4 cm³/mol. The molecular formula is C19H32N2. The Morgan fingerprint density at radius 2 is 1.81 bits per heavy atom. The lowest BCUT2D eigenvalue weighted by Gasteiger charge is -2.41. The maximum atomic E-state index is 7.04.